The fourth-order valence-electron chi connectivity index (χ4n) is 4.26. The van der Waals surface area contributed by atoms with Crippen molar-refractivity contribution in [1.29, 1.82) is 0 Å². The Morgan fingerprint density at radius 1 is 1.06 bits per heavy atom. The van der Waals surface area contributed by atoms with E-state index in [4.69, 9.17) is 17.4 Å². The molecule has 0 aromatic rings. The van der Waals surface area contributed by atoms with Crippen molar-refractivity contribution >= 4 is 12.6 Å². The van der Waals surface area contributed by atoms with Crippen LogP contribution < -0.4 is 0 Å². The first kappa shape index (κ1) is 13.3. The van der Waals surface area contributed by atoms with Crippen molar-refractivity contribution in [2.75, 3.05) is 26.7 Å². The lowest BCUT2D eigenvalue weighted by Crippen LogP contribution is -2.50. The zero-order chi connectivity index (χ0) is 12.6. The largest absolute Gasteiger partial charge is 0.381 e. The van der Waals surface area contributed by atoms with E-state index in [-0.39, 0.29) is 0 Å². The van der Waals surface area contributed by atoms with Crippen LogP contribution in [0.15, 0.2) is 0 Å². The van der Waals surface area contributed by atoms with E-state index >= 15 is 0 Å². The summed E-state index contributed by atoms with van der Waals surface area (Å²) in [6.07, 6.45) is 11.3. The molecule has 3 saturated carbocycles. The molecule has 0 N–H and O–H groups in total. The minimum Gasteiger partial charge on any atom is -0.381 e. The van der Waals surface area contributed by atoms with Gasteiger partial charge < -0.3 is 9.64 Å². The van der Waals surface area contributed by atoms with Crippen LogP contribution in [0.2, 0.25) is 0 Å². The lowest BCUT2D eigenvalue weighted by Gasteiger charge is -2.53. The average Bonchev–Trinajstić information content (AvgIpc) is 2.42. The third kappa shape index (κ3) is 2.59. The van der Waals surface area contributed by atoms with Crippen LogP contribution in [-0.2, 0) is 4.74 Å². The van der Waals surface area contributed by atoms with Gasteiger partial charge in [0.25, 0.3) is 0 Å². The van der Waals surface area contributed by atoms with E-state index in [1.54, 1.807) is 0 Å². The Balaban J connectivity index is 1.54. The third-order valence-corrected chi connectivity index (χ3v) is 6.46. The summed E-state index contributed by atoms with van der Waals surface area (Å²) in [6.45, 7) is 3.83. The van der Waals surface area contributed by atoms with E-state index in [1.165, 1.54) is 71.0 Å². The van der Waals surface area contributed by atoms with Gasteiger partial charge in [0.15, 0.2) is 0 Å². The summed E-state index contributed by atoms with van der Waals surface area (Å²) >= 11 is 4.89. The number of likely N-dealkylation sites (tertiary alicyclic amines) is 1. The van der Waals surface area contributed by atoms with Crippen molar-refractivity contribution in [3.8, 4) is 0 Å². The number of hydrogen-bond donors (Lipinski definition) is 1. The summed E-state index contributed by atoms with van der Waals surface area (Å²) in [5.74, 6) is 0. The van der Waals surface area contributed by atoms with Gasteiger partial charge in [-0.05, 0) is 56.8 Å². The van der Waals surface area contributed by atoms with Crippen molar-refractivity contribution in [2.24, 2.45) is 5.41 Å². The average molecular weight is 269 g/mol. The van der Waals surface area contributed by atoms with Crippen molar-refractivity contribution < 1.29 is 4.74 Å². The molecule has 0 aromatic carbocycles. The van der Waals surface area contributed by atoms with Gasteiger partial charge in [0.2, 0.25) is 0 Å². The molecule has 3 aliphatic carbocycles. The highest BCUT2D eigenvalue weighted by atomic mass is 32.1. The Labute approximate surface area is 117 Å². The lowest BCUT2D eigenvalue weighted by atomic mass is 9.60. The van der Waals surface area contributed by atoms with Crippen LogP contribution in [0.5, 0.6) is 0 Å². The summed E-state index contributed by atoms with van der Waals surface area (Å²) in [5, 5.41) is 0. The molecule has 3 heteroatoms. The fourth-order valence-corrected chi connectivity index (χ4v) is 4.59. The van der Waals surface area contributed by atoms with Gasteiger partial charge in [-0.1, -0.05) is 0 Å². The fraction of sp³-hybridized carbons (Fsp3) is 1.00. The van der Waals surface area contributed by atoms with Crippen LogP contribution in [0.25, 0.3) is 0 Å². The van der Waals surface area contributed by atoms with Crippen LogP contribution in [0, 0.1) is 5.41 Å². The minimum absolute atomic E-state index is 0.408. The summed E-state index contributed by atoms with van der Waals surface area (Å²) in [5.41, 5.74) is 0.643. The maximum atomic E-state index is 5.47. The zero-order valence-corrected chi connectivity index (χ0v) is 12.6. The molecule has 1 heterocycles. The minimum atomic E-state index is 0.408. The second-order valence-corrected chi connectivity index (χ2v) is 7.88. The van der Waals surface area contributed by atoms with E-state index in [1.807, 2.05) is 7.11 Å². The number of nitrogens with zero attached hydrogens (tertiary/aromatic N) is 1. The standard InChI is InChI=1S/C15H27NOS/c1-17-13-2-10-16(11-3-13)12-14-4-7-15(18,8-5-14)9-6-14/h13,18H,2-12H2,1H3. The Hall–Kier alpha value is 0.270. The van der Waals surface area contributed by atoms with Gasteiger partial charge in [-0.25, -0.2) is 0 Å². The second-order valence-electron chi connectivity index (χ2n) is 6.94. The van der Waals surface area contributed by atoms with E-state index in [2.05, 4.69) is 4.90 Å². The van der Waals surface area contributed by atoms with Crippen molar-refractivity contribution in [1.82, 2.24) is 4.90 Å². The first-order valence-corrected chi connectivity index (χ1v) is 8.05. The predicted molar refractivity (Wildman–Crippen MR) is 78.3 cm³/mol. The van der Waals surface area contributed by atoms with E-state index in [0.717, 1.165) is 0 Å². The van der Waals surface area contributed by atoms with Gasteiger partial charge >= 0.3 is 0 Å². The molecule has 0 atom stereocenters. The quantitative estimate of drug-likeness (QED) is 0.790. The van der Waals surface area contributed by atoms with Crippen molar-refractivity contribution in [3.63, 3.8) is 0 Å². The van der Waals surface area contributed by atoms with E-state index in [0.29, 0.717) is 16.3 Å². The topological polar surface area (TPSA) is 12.5 Å². The number of hydrogen-bond acceptors (Lipinski definition) is 3. The summed E-state index contributed by atoms with van der Waals surface area (Å²) in [7, 11) is 1.85. The highest BCUT2D eigenvalue weighted by Crippen LogP contribution is 2.55. The normalized spacial score (nSPS) is 42.3. The molecule has 1 saturated heterocycles. The van der Waals surface area contributed by atoms with E-state index < -0.39 is 0 Å². The molecule has 4 fully saturated rings. The van der Waals surface area contributed by atoms with Crippen LogP contribution in [0.1, 0.15) is 51.4 Å². The first-order valence-electron chi connectivity index (χ1n) is 7.61. The van der Waals surface area contributed by atoms with Crippen LogP contribution >= 0.6 is 12.6 Å². The number of ether oxygens (including phenoxy) is 1. The summed E-state index contributed by atoms with van der Waals surface area (Å²) < 4.78 is 5.87. The second kappa shape index (κ2) is 4.99. The third-order valence-electron chi connectivity index (χ3n) is 5.79. The molecule has 0 spiro atoms. The molecule has 2 nitrogen and oxygen atoms in total. The molecule has 0 radical (unpaired) electrons. The monoisotopic (exact) mass is 269 g/mol. The molecule has 104 valence electrons. The maximum absolute atomic E-state index is 5.47. The van der Waals surface area contributed by atoms with E-state index in [9.17, 15) is 0 Å². The molecular formula is C15H27NOS. The summed E-state index contributed by atoms with van der Waals surface area (Å²) in [4.78, 5) is 2.70. The number of rotatable bonds is 3. The van der Waals surface area contributed by atoms with Crippen LogP contribution in [0.3, 0.4) is 0 Å². The molecule has 0 aromatic heterocycles. The van der Waals surface area contributed by atoms with Crippen LogP contribution in [-0.4, -0.2) is 42.5 Å². The molecule has 18 heavy (non-hydrogen) atoms. The Kier molecular flexibility index (Phi) is 3.68. The predicted octanol–water partition coefficient (Wildman–Crippen LogP) is 3.12. The molecule has 1 aliphatic heterocycles. The molecule has 0 unspecified atom stereocenters. The van der Waals surface area contributed by atoms with Gasteiger partial charge in [0.05, 0.1) is 6.10 Å². The number of methoxy groups -OCH3 is 1. The van der Waals surface area contributed by atoms with Gasteiger partial charge in [0.1, 0.15) is 0 Å². The van der Waals surface area contributed by atoms with Gasteiger partial charge in [0, 0.05) is 31.5 Å². The van der Waals surface area contributed by atoms with Crippen molar-refractivity contribution in [2.45, 2.75) is 62.2 Å². The Morgan fingerprint density at radius 2 is 1.61 bits per heavy atom. The molecule has 4 aliphatic rings. The van der Waals surface area contributed by atoms with Gasteiger partial charge in [-0.15, -0.1) is 0 Å². The smallest absolute Gasteiger partial charge is 0.0595 e. The SMILES string of the molecule is COC1CCN(CC23CCC(S)(CC2)CC3)CC1. The zero-order valence-electron chi connectivity index (χ0n) is 11.7. The first-order chi connectivity index (χ1) is 8.63. The number of fused-ring (bicyclic) bond motifs is 3. The Morgan fingerprint density at radius 3 is 2.11 bits per heavy atom. The maximum Gasteiger partial charge on any atom is 0.0595 e. The molecule has 4 rings (SSSR count). The number of piperidine rings is 1. The lowest BCUT2D eigenvalue weighted by molar-refractivity contribution is -0.000659. The van der Waals surface area contributed by atoms with Crippen LogP contribution in [0.4, 0.5) is 0 Å². The van der Waals surface area contributed by atoms with Crippen molar-refractivity contribution in [3.05, 3.63) is 0 Å². The Bertz CT molecular complexity index is 274. The highest BCUT2D eigenvalue weighted by molar-refractivity contribution is 7.81. The van der Waals surface area contributed by atoms with Gasteiger partial charge in [-0.3, -0.25) is 0 Å². The molecule has 2 bridgehead atoms. The number of thiol groups is 1. The van der Waals surface area contributed by atoms with Gasteiger partial charge in [-0.2, -0.15) is 12.6 Å². The summed E-state index contributed by atoms with van der Waals surface area (Å²) in [6, 6.07) is 0. The molecule has 0 amide bonds. The molecular weight excluding hydrogens is 242 g/mol. The highest BCUT2D eigenvalue weighted by Gasteiger charge is 2.47.